The molecule has 1 N–H and O–H groups in total. The van der Waals surface area contributed by atoms with Crippen molar-refractivity contribution < 1.29 is 9.59 Å². The van der Waals surface area contributed by atoms with Gasteiger partial charge in [-0.1, -0.05) is 39.0 Å². The summed E-state index contributed by atoms with van der Waals surface area (Å²) in [5.74, 6) is 0.0854. The van der Waals surface area contributed by atoms with Gasteiger partial charge in [0.25, 0.3) is 0 Å². The first-order chi connectivity index (χ1) is 14.0. The maximum Gasteiger partial charge on any atom is 0.230 e. The molecule has 0 radical (unpaired) electrons. The topological polar surface area (TPSA) is 54.3 Å². The summed E-state index contributed by atoms with van der Waals surface area (Å²) in [6.45, 7) is 9.84. The van der Waals surface area contributed by atoms with Gasteiger partial charge < -0.3 is 5.32 Å². The van der Waals surface area contributed by atoms with Crippen molar-refractivity contribution in [2.75, 3.05) is 13.1 Å². The number of hydrogen-bond donors (Lipinski definition) is 1. The quantitative estimate of drug-likeness (QED) is 0.839. The van der Waals surface area contributed by atoms with Gasteiger partial charge in [0, 0.05) is 36.6 Å². The van der Waals surface area contributed by atoms with Crippen LogP contribution in [0.25, 0.3) is 16.5 Å². The zero-order valence-corrected chi connectivity index (χ0v) is 17.9. The molecule has 2 aliphatic rings. The summed E-state index contributed by atoms with van der Waals surface area (Å²) in [7, 11) is 0. The van der Waals surface area contributed by atoms with E-state index in [4.69, 9.17) is 0 Å². The van der Waals surface area contributed by atoms with E-state index in [0.29, 0.717) is 6.42 Å². The summed E-state index contributed by atoms with van der Waals surface area (Å²) in [6, 6.07) is 6.66. The largest absolute Gasteiger partial charge is 0.353 e. The molecular weight excluding hydrogens is 362 g/mol. The molecule has 3 atom stereocenters. The third-order valence-corrected chi connectivity index (χ3v) is 6.56. The Bertz CT molecular complexity index is 987. The Hall–Kier alpha value is -2.40. The molecule has 1 aromatic carbocycles. The number of likely N-dealkylation sites (N-methyl/N-ethyl adjacent to an activating group) is 1. The van der Waals surface area contributed by atoms with Crippen LogP contribution in [-0.2, 0) is 11.2 Å². The van der Waals surface area contributed by atoms with E-state index in [1.54, 1.807) is 0 Å². The highest BCUT2D eigenvalue weighted by Gasteiger charge is 2.37. The van der Waals surface area contributed by atoms with E-state index in [1.807, 2.05) is 29.8 Å². The van der Waals surface area contributed by atoms with Gasteiger partial charge in [0.15, 0.2) is 0 Å². The maximum atomic E-state index is 12.9. The smallest absolute Gasteiger partial charge is 0.230 e. The summed E-state index contributed by atoms with van der Waals surface area (Å²) in [6.07, 6.45) is 6.52. The second-order valence-corrected chi connectivity index (χ2v) is 8.33. The highest BCUT2D eigenvalue weighted by molar-refractivity contribution is 6.03. The summed E-state index contributed by atoms with van der Waals surface area (Å²) >= 11 is 0. The Morgan fingerprint density at radius 2 is 2.03 bits per heavy atom. The third kappa shape index (κ3) is 3.31. The van der Waals surface area contributed by atoms with Crippen LogP contribution in [0.5, 0.6) is 0 Å². The van der Waals surface area contributed by atoms with Crippen LogP contribution in [0.4, 0.5) is 0 Å². The van der Waals surface area contributed by atoms with E-state index in [2.05, 4.69) is 43.1 Å². The van der Waals surface area contributed by atoms with Crippen LogP contribution < -0.4 is 5.32 Å². The highest BCUT2D eigenvalue weighted by atomic mass is 16.2. The molecule has 0 bridgehead atoms. The summed E-state index contributed by atoms with van der Waals surface area (Å²) < 4.78 is 1.81. The minimum absolute atomic E-state index is 0.112. The number of nitrogens with one attached hydrogen (secondary N) is 1. The lowest BCUT2D eigenvalue weighted by Gasteiger charge is -2.41. The minimum atomic E-state index is -0.147. The minimum Gasteiger partial charge on any atom is -0.353 e. The molecule has 4 rings (SSSR count). The first kappa shape index (κ1) is 19.9. The van der Waals surface area contributed by atoms with Crippen molar-refractivity contribution in [1.29, 1.82) is 0 Å². The molecule has 0 spiro atoms. The van der Waals surface area contributed by atoms with Gasteiger partial charge in [-0.2, -0.15) is 0 Å². The first-order valence-corrected chi connectivity index (χ1v) is 10.9. The van der Waals surface area contributed by atoms with E-state index in [9.17, 15) is 9.59 Å². The molecule has 1 amide bonds. The number of hydrogen-bond acceptors (Lipinski definition) is 3. The molecule has 1 aromatic heterocycles. The van der Waals surface area contributed by atoms with Crippen LogP contribution in [0, 0.1) is 5.92 Å². The number of carbonyl (C=O) groups is 2. The summed E-state index contributed by atoms with van der Waals surface area (Å²) in [5.41, 5.74) is 4.64. The van der Waals surface area contributed by atoms with Gasteiger partial charge in [0.05, 0.1) is 11.4 Å². The van der Waals surface area contributed by atoms with E-state index in [1.165, 1.54) is 22.1 Å². The standard InChI is InChI=1S/C24H31N3O2/c1-5-15(4)25-24(29)17-11-19-18-9-8-10-20-23(18)16(14-27(20)22(28)6-2)12-21(19)26(7-3)13-17/h8-11,14-15,17,21H,5-7,12-13H2,1-4H3,(H,25,29)/t15?,17-,21-/m1/s1. The SMILES string of the molecule is CCC(=O)n1cc2c3c(cccc31)C1=C[C@@H](C(=O)NC(C)CC)CN(CC)[C@@H]1C2. The van der Waals surface area contributed by atoms with Gasteiger partial charge in [-0.25, -0.2) is 0 Å². The fraction of sp³-hybridized carbons (Fsp3) is 0.500. The third-order valence-electron chi connectivity index (χ3n) is 6.56. The van der Waals surface area contributed by atoms with Crippen molar-refractivity contribution in [3.63, 3.8) is 0 Å². The Kier molecular flexibility index (Phi) is 5.34. The molecule has 1 aliphatic carbocycles. The molecule has 2 aromatic rings. The number of aromatic nitrogens is 1. The van der Waals surface area contributed by atoms with Crippen LogP contribution >= 0.6 is 0 Å². The molecule has 29 heavy (non-hydrogen) atoms. The lowest BCUT2D eigenvalue weighted by molar-refractivity contribution is -0.125. The number of carbonyl (C=O) groups excluding carboxylic acids is 2. The van der Waals surface area contributed by atoms with Gasteiger partial charge in [0.2, 0.25) is 11.8 Å². The van der Waals surface area contributed by atoms with Crippen LogP contribution in [0.2, 0.25) is 0 Å². The van der Waals surface area contributed by atoms with Crippen molar-refractivity contribution in [2.45, 2.75) is 59.0 Å². The second kappa shape index (κ2) is 7.79. The second-order valence-electron chi connectivity index (χ2n) is 8.33. The van der Waals surface area contributed by atoms with E-state index >= 15 is 0 Å². The first-order valence-electron chi connectivity index (χ1n) is 10.9. The Morgan fingerprint density at radius 3 is 2.72 bits per heavy atom. The number of amides is 1. The highest BCUT2D eigenvalue weighted by Crippen LogP contribution is 2.42. The van der Waals surface area contributed by atoms with Crippen LogP contribution in [0.15, 0.2) is 30.5 Å². The van der Waals surface area contributed by atoms with Crippen LogP contribution in [-0.4, -0.2) is 46.5 Å². The fourth-order valence-electron chi connectivity index (χ4n) is 4.77. The van der Waals surface area contributed by atoms with Crippen LogP contribution in [0.1, 0.15) is 56.5 Å². The Morgan fingerprint density at radius 1 is 1.24 bits per heavy atom. The molecule has 1 aliphatic heterocycles. The fourth-order valence-corrected chi connectivity index (χ4v) is 4.77. The predicted octanol–water partition coefficient (Wildman–Crippen LogP) is 3.87. The summed E-state index contributed by atoms with van der Waals surface area (Å²) in [4.78, 5) is 27.8. The molecule has 0 saturated heterocycles. The molecule has 5 nitrogen and oxygen atoms in total. The number of benzene rings is 1. The van der Waals surface area contributed by atoms with E-state index < -0.39 is 0 Å². The van der Waals surface area contributed by atoms with Crippen molar-refractivity contribution in [3.8, 4) is 0 Å². The average molecular weight is 394 g/mol. The monoisotopic (exact) mass is 393 g/mol. The van der Waals surface area contributed by atoms with Crippen molar-refractivity contribution in [2.24, 2.45) is 5.92 Å². The van der Waals surface area contributed by atoms with Crippen molar-refractivity contribution in [3.05, 3.63) is 41.6 Å². The zero-order chi connectivity index (χ0) is 20.7. The average Bonchev–Trinajstić information content (AvgIpc) is 3.12. The molecule has 0 saturated carbocycles. The van der Waals surface area contributed by atoms with E-state index in [-0.39, 0.29) is 29.8 Å². The van der Waals surface area contributed by atoms with Crippen molar-refractivity contribution >= 4 is 28.3 Å². The normalized spacial score (nSPS) is 22.1. The lowest BCUT2D eigenvalue weighted by atomic mass is 9.79. The molecular formula is C24H31N3O2. The van der Waals surface area contributed by atoms with Gasteiger partial charge in [-0.3, -0.25) is 19.1 Å². The van der Waals surface area contributed by atoms with Gasteiger partial charge in [0.1, 0.15) is 0 Å². The van der Waals surface area contributed by atoms with Gasteiger partial charge in [-0.05, 0) is 49.1 Å². The van der Waals surface area contributed by atoms with Crippen molar-refractivity contribution in [1.82, 2.24) is 14.8 Å². The Labute approximate surface area is 172 Å². The van der Waals surface area contributed by atoms with Crippen LogP contribution in [0.3, 0.4) is 0 Å². The summed E-state index contributed by atoms with van der Waals surface area (Å²) in [5, 5.41) is 4.33. The molecule has 5 heteroatoms. The predicted molar refractivity (Wildman–Crippen MR) is 117 cm³/mol. The number of fused-ring (bicyclic) bond motifs is 2. The Balaban J connectivity index is 1.81. The lowest BCUT2D eigenvalue weighted by Crippen LogP contribution is -2.49. The maximum absolute atomic E-state index is 12.9. The number of rotatable bonds is 5. The molecule has 0 fully saturated rings. The van der Waals surface area contributed by atoms with Gasteiger partial charge >= 0.3 is 0 Å². The number of nitrogens with zero attached hydrogens (tertiary/aromatic N) is 2. The molecule has 1 unspecified atom stereocenters. The van der Waals surface area contributed by atoms with E-state index in [0.717, 1.165) is 31.4 Å². The van der Waals surface area contributed by atoms with Gasteiger partial charge in [-0.15, -0.1) is 0 Å². The molecule has 2 heterocycles. The molecule has 154 valence electrons. The zero-order valence-electron chi connectivity index (χ0n) is 17.9.